The molecule has 1 amide bonds. The Morgan fingerprint density at radius 3 is 2.67 bits per heavy atom. The van der Waals surface area contributed by atoms with Crippen molar-refractivity contribution in [3.8, 4) is 0 Å². The van der Waals surface area contributed by atoms with Crippen molar-refractivity contribution in [2.24, 2.45) is 5.92 Å². The van der Waals surface area contributed by atoms with E-state index in [4.69, 9.17) is 0 Å². The van der Waals surface area contributed by atoms with Crippen LogP contribution >= 0.6 is 15.9 Å². The van der Waals surface area contributed by atoms with Crippen molar-refractivity contribution in [3.05, 3.63) is 22.4 Å². The Morgan fingerprint density at radius 1 is 1.38 bits per heavy atom. The second-order valence-corrected chi connectivity index (χ2v) is 7.41. The second kappa shape index (κ2) is 6.97. The maximum absolute atomic E-state index is 12.4. The zero-order valence-corrected chi connectivity index (χ0v) is 15.0. The van der Waals surface area contributed by atoms with E-state index >= 15 is 0 Å². The van der Waals surface area contributed by atoms with Gasteiger partial charge in [-0.25, -0.2) is 0 Å². The Hall–Kier alpha value is -0.810. The summed E-state index contributed by atoms with van der Waals surface area (Å²) in [5, 5.41) is 3.10. The average molecular weight is 356 g/mol. The van der Waals surface area contributed by atoms with E-state index in [-0.39, 0.29) is 11.9 Å². The summed E-state index contributed by atoms with van der Waals surface area (Å²) >= 11 is 3.45. The van der Waals surface area contributed by atoms with Gasteiger partial charge in [0.2, 0.25) is 0 Å². The molecule has 1 N–H and O–H groups in total. The predicted octanol–water partition coefficient (Wildman–Crippen LogP) is 3.29. The van der Waals surface area contributed by atoms with E-state index in [1.165, 1.54) is 6.42 Å². The van der Waals surface area contributed by atoms with Gasteiger partial charge in [-0.3, -0.25) is 4.79 Å². The lowest BCUT2D eigenvalue weighted by atomic mass is 10.1. The highest BCUT2D eigenvalue weighted by Crippen LogP contribution is 2.20. The topological polar surface area (TPSA) is 37.3 Å². The lowest BCUT2D eigenvalue weighted by Crippen LogP contribution is -2.33. The third kappa shape index (κ3) is 4.10. The van der Waals surface area contributed by atoms with Crippen molar-refractivity contribution in [2.45, 2.75) is 46.2 Å². The van der Waals surface area contributed by atoms with Crippen LogP contribution in [0.4, 0.5) is 0 Å². The number of nitrogens with zero attached hydrogens (tertiary/aromatic N) is 2. The summed E-state index contributed by atoms with van der Waals surface area (Å²) in [6.07, 6.45) is 3.14. The fourth-order valence-electron chi connectivity index (χ4n) is 2.88. The molecule has 1 aliphatic heterocycles. The number of rotatable bonds is 5. The maximum atomic E-state index is 12.4. The molecule has 2 rings (SSSR count). The van der Waals surface area contributed by atoms with Crippen LogP contribution in [0, 0.1) is 5.92 Å². The van der Waals surface area contributed by atoms with Crippen molar-refractivity contribution in [1.29, 1.82) is 0 Å². The van der Waals surface area contributed by atoms with Gasteiger partial charge in [0.25, 0.3) is 5.91 Å². The summed E-state index contributed by atoms with van der Waals surface area (Å²) in [6.45, 7) is 11.6. The Morgan fingerprint density at radius 2 is 2.10 bits per heavy atom. The first kappa shape index (κ1) is 16.6. The Bertz CT molecular complexity index is 496. The van der Waals surface area contributed by atoms with Crippen LogP contribution in [0.3, 0.4) is 0 Å². The number of amides is 1. The molecular weight excluding hydrogens is 330 g/mol. The minimum absolute atomic E-state index is 0.0254. The van der Waals surface area contributed by atoms with Crippen molar-refractivity contribution < 1.29 is 4.79 Å². The molecule has 118 valence electrons. The molecule has 1 aromatic heterocycles. The first-order valence-electron chi connectivity index (χ1n) is 7.78. The SMILES string of the molecule is CC(C)N1CCC(CNC(=O)c2cc(Br)cn2C(C)C)C1. The van der Waals surface area contributed by atoms with Gasteiger partial charge in [-0.1, -0.05) is 0 Å². The molecule has 1 saturated heterocycles. The van der Waals surface area contributed by atoms with Gasteiger partial charge < -0.3 is 14.8 Å². The fraction of sp³-hybridized carbons (Fsp3) is 0.688. The number of hydrogen-bond donors (Lipinski definition) is 1. The summed E-state index contributed by atoms with van der Waals surface area (Å²) in [5.41, 5.74) is 0.732. The van der Waals surface area contributed by atoms with Crippen molar-refractivity contribution >= 4 is 21.8 Å². The summed E-state index contributed by atoms with van der Waals surface area (Å²) in [4.78, 5) is 14.9. The molecule has 0 bridgehead atoms. The minimum atomic E-state index is 0.0254. The average Bonchev–Trinajstić information content (AvgIpc) is 3.02. The monoisotopic (exact) mass is 355 g/mol. The van der Waals surface area contributed by atoms with Gasteiger partial charge in [-0.05, 0) is 68.6 Å². The molecule has 1 unspecified atom stereocenters. The Labute approximate surface area is 136 Å². The van der Waals surface area contributed by atoms with Crippen molar-refractivity contribution in [1.82, 2.24) is 14.8 Å². The van der Waals surface area contributed by atoms with Gasteiger partial charge in [0.1, 0.15) is 5.69 Å². The fourth-order valence-corrected chi connectivity index (χ4v) is 3.32. The number of carbonyl (C=O) groups is 1. The maximum Gasteiger partial charge on any atom is 0.267 e. The van der Waals surface area contributed by atoms with E-state index in [1.807, 2.05) is 16.8 Å². The van der Waals surface area contributed by atoms with Crippen LogP contribution in [0.15, 0.2) is 16.7 Å². The molecule has 21 heavy (non-hydrogen) atoms. The zero-order valence-electron chi connectivity index (χ0n) is 13.4. The van der Waals surface area contributed by atoms with Gasteiger partial charge >= 0.3 is 0 Å². The molecule has 1 aliphatic rings. The number of halogens is 1. The molecule has 1 fully saturated rings. The van der Waals surface area contributed by atoms with Crippen molar-refractivity contribution in [2.75, 3.05) is 19.6 Å². The Balaban J connectivity index is 1.91. The number of carbonyl (C=O) groups excluding carboxylic acids is 1. The number of aromatic nitrogens is 1. The summed E-state index contributed by atoms with van der Waals surface area (Å²) in [6, 6.07) is 2.77. The standard InChI is InChI=1S/C16H26BrN3O/c1-11(2)19-6-5-13(9-19)8-18-16(21)15-7-14(17)10-20(15)12(3)4/h7,10-13H,5-6,8-9H2,1-4H3,(H,18,21). The van der Waals surface area contributed by atoms with Crippen LogP contribution in [0.2, 0.25) is 0 Å². The van der Waals surface area contributed by atoms with Crippen molar-refractivity contribution in [3.63, 3.8) is 0 Å². The molecule has 5 heteroatoms. The smallest absolute Gasteiger partial charge is 0.267 e. The van der Waals surface area contributed by atoms with Gasteiger partial charge in [0, 0.05) is 35.8 Å². The second-order valence-electron chi connectivity index (χ2n) is 6.50. The predicted molar refractivity (Wildman–Crippen MR) is 89.7 cm³/mol. The van der Waals surface area contributed by atoms with E-state index in [0.29, 0.717) is 12.0 Å². The van der Waals surface area contributed by atoms with E-state index in [1.54, 1.807) is 0 Å². The van der Waals surface area contributed by atoms with Crippen LogP contribution in [-0.2, 0) is 0 Å². The van der Waals surface area contributed by atoms with Crippen LogP contribution < -0.4 is 5.32 Å². The zero-order chi connectivity index (χ0) is 15.6. The van der Waals surface area contributed by atoms with Gasteiger partial charge in [0.15, 0.2) is 0 Å². The minimum Gasteiger partial charge on any atom is -0.350 e. The lowest BCUT2D eigenvalue weighted by Gasteiger charge is -2.20. The summed E-state index contributed by atoms with van der Waals surface area (Å²) < 4.78 is 2.96. The molecule has 0 saturated carbocycles. The molecule has 2 heterocycles. The molecule has 0 spiro atoms. The number of likely N-dealkylation sites (tertiary alicyclic amines) is 1. The van der Waals surface area contributed by atoms with Crippen LogP contribution in [0.25, 0.3) is 0 Å². The number of hydrogen-bond acceptors (Lipinski definition) is 2. The van der Waals surface area contributed by atoms with Crippen LogP contribution in [0.1, 0.15) is 50.6 Å². The van der Waals surface area contributed by atoms with Crippen LogP contribution in [0.5, 0.6) is 0 Å². The van der Waals surface area contributed by atoms with E-state index in [9.17, 15) is 4.79 Å². The molecule has 0 aromatic carbocycles. The molecule has 1 atom stereocenters. The first-order valence-corrected chi connectivity index (χ1v) is 8.57. The quantitative estimate of drug-likeness (QED) is 0.879. The normalized spacial score (nSPS) is 19.7. The molecule has 1 aromatic rings. The Kier molecular flexibility index (Phi) is 5.49. The third-order valence-corrected chi connectivity index (χ3v) is 4.64. The summed E-state index contributed by atoms with van der Waals surface area (Å²) in [7, 11) is 0. The molecular formula is C16H26BrN3O. The van der Waals surface area contributed by atoms with E-state index in [2.05, 4.69) is 53.8 Å². The highest BCUT2D eigenvalue weighted by molar-refractivity contribution is 9.10. The van der Waals surface area contributed by atoms with Crippen LogP contribution in [-0.4, -0.2) is 41.1 Å². The number of nitrogens with one attached hydrogen (secondary N) is 1. The van der Waals surface area contributed by atoms with E-state index in [0.717, 1.165) is 29.8 Å². The largest absolute Gasteiger partial charge is 0.350 e. The third-order valence-electron chi connectivity index (χ3n) is 4.20. The molecule has 0 radical (unpaired) electrons. The molecule has 0 aliphatic carbocycles. The van der Waals surface area contributed by atoms with Gasteiger partial charge in [-0.15, -0.1) is 0 Å². The molecule has 4 nitrogen and oxygen atoms in total. The first-order chi connectivity index (χ1) is 9.88. The summed E-state index contributed by atoms with van der Waals surface area (Å²) in [5.74, 6) is 0.597. The van der Waals surface area contributed by atoms with E-state index < -0.39 is 0 Å². The van der Waals surface area contributed by atoms with Gasteiger partial charge in [-0.2, -0.15) is 0 Å². The highest BCUT2D eigenvalue weighted by atomic mass is 79.9. The lowest BCUT2D eigenvalue weighted by molar-refractivity contribution is 0.0936. The highest BCUT2D eigenvalue weighted by Gasteiger charge is 2.25. The van der Waals surface area contributed by atoms with Gasteiger partial charge in [0.05, 0.1) is 0 Å².